The second-order valence-electron chi connectivity index (χ2n) is 4.37. The molecule has 0 radical (unpaired) electrons. The SMILES string of the molecule is Cn1ccn(CCC2CCNCC2)c1=O. The van der Waals surface area contributed by atoms with E-state index in [1.54, 1.807) is 11.6 Å². The molecule has 1 aromatic rings. The van der Waals surface area contributed by atoms with E-state index in [2.05, 4.69) is 5.32 Å². The minimum absolute atomic E-state index is 0.101. The molecule has 0 aromatic carbocycles. The van der Waals surface area contributed by atoms with Crippen molar-refractivity contribution in [3.63, 3.8) is 0 Å². The van der Waals surface area contributed by atoms with Gasteiger partial charge in [-0.05, 0) is 38.3 Å². The number of nitrogens with zero attached hydrogens (tertiary/aromatic N) is 2. The number of rotatable bonds is 3. The van der Waals surface area contributed by atoms with Crippen molar-refractivity contribution in [2.24, 2.45) is 13.0 Å². The van der Waals surface area contributed by atoms with Crippen LogP contribution in [0, 0.1) is 5.92 Å². The molecule has 1 fully saturated rings. The molecule has 0 atom stereocenters. The highest BCUT2D eigenvalue weighted by Gasteiger charge is 2.13. The largest absolute Gasteiger partial charge is 0.327 e. The summed E-state index contributed by atoms with van der Waals surface area (Å²) in [4.78, 5) is 11.6. The minimum atomic E-state index is 0.101. The van der Waals surface area contributed by atoms with E-state index in [9.17, 15) is 4.79 Å². The number of hydrogen-bond acceptors (Lipinski definition) is 2. The monoisotopic (exact) mass is 209 g/mol. The molecule has 1 aromatic heterocycles. The van der Waals surface area contributed by atoms with Gasteiger partial charge in [0.05, 0.1) is 0 Å². The van der Waals surface area contributed by atoms with Crippen molar-refractivity contribution < 1.29 is 0 Å². The predicted octanol–water partition coefficient (Wildman–Crippen LogP) is 0.577. The number of hydrogen-bond donors (Lipinski definition) is 1. The topological polar surface area (TPSA) is 39.0 Å². The third-order valence-corrected chi connectivity index (χ3v) is 3.25. The van der Waals surface area contributed by atoms with Crippen LogP contribution in [0.1, 0.15) is 19.3 Å². The zero-order valence-electron chi connectivity index (χ0n) is 9.28. The van der Waals surface area contributed by atoms with Gasteiger partial charge in [0.2, 0.25) is 0 Å². The molecular formula is C11H19N3O. The highest BCUT2D eigenvalue weighted by atomic mass is 16.1. The van der Waals surface area contributed by atoms with E-state index in [1.165, 1.54) is 12.8 Å². The van der Waals surface area contributed by atoms with Crippen LogP contribution in [0.5, 0.6) is 0 Å². The van der Waals surface area contributed by atoms with Gasteiger partial charge in [0.1, 0.15) is 0 Å². The van der Waals surface area contributed by atoms with Gasteiger partial charge in [-0.3, -0.25) is 4.57 Å². The number of nitrogens with one attached hydrogen (secondary N) is 1. The fourth-order valence-corrected chi connectivity index (χ4v) is 2.17. The van der Waals surface area contributed by atoms with Gasteiger partial charge in [-0.25, -0.2) is 4.79 Å². The van der Waals surface area contributed by atoms with Crippen molar-refractivity contribution in [3.05, 3.63) is 22.9 Å². The van der Waals surface area contributed by atoms with Gasteiger partial charge in [-0.1, -0.05) is 0 Å². The summed E-state index contributed by atoms with van der Waals surface area (Å²) in [5.74, 6) is 0.790. The molecule has 84 valence electrons. The van der Waals surface area contributed by atoms with Crippen LogP contribution in [0.2, 0.25) is 0 Å². The van der Waals surface area contributed by atoms with Crippen LogP contribution >= 0.6 is 0 Å². The van der Waals surface area contributed by atoms with Crippen LogP contribution in [0.15, 0.2) is 17.2 Å². The number of aromatic nitrogens is 2. The van der Waals surface area contributed by atoms with Gasteiger partial charge in [0.15, 0.2) is 0 Å². The summed E-state index contributed by atoms with van der Waals surface area (Å²) in [5, 5.41) is 3.36. The molecule has 1 aliphatic rings. The number of imidazole rings is 1. The first kappa shape index (κ1) is 10.5. The molecule has 1 N–H and O–H groups in total. The third kappa shape index (κ3) is 2.50. The van der Waals surface area contributed by atoms with E-state index >= 15 is 0 Å². The Morgan fingerprint density at radius 1 is 1.40 bits per heavy atom. The van der Waals surface area contributed by atoms with Crippen molar-refractivity contribution in [2.45, 2.75) is 25.8 Å². The number of piperidine rings is 1. The summed E-state index contributed by atoms with van der Waals surface area (Å²) < 4.78 is 3.43. The lowest BCUT2D eigenvalue weighted by atomic mass is 9.95. The summed E-state index contributed by atoms with van der Waals surface area (Å²) in [6.45, 7) is 3.13. The lowest BCUT2D eigenvalue weighted by Crippen LogP contribution is -2.29. The summed E-state index contributed by atoms with van der Waals surface area (Å²) in [5.41, 5.74) is 0.101. The van der Waals surface area contributed by atoms with Gasteiger partial charge >= 0.3 is 5.69 Å². The average Bonchev–Trinajstić information content (AvgIpc) is 2.59. The van der Waals surface area contributed by atoms with E-state index in [0.29, 0.717) is 0 Å². The molecule has 4 nitrogen and oxygen atoms in total. The van der Waals surface area contributed by atoms with Crippen molar-refractivity contribution in [1.29, 1.82) is 0 Å². The first-order chi connectivity index (χ1) is 7.27. The maximum Gasteiger partial charge on any atom is 0.327 e. The third-order valence-electron chi connectivity index (χ3n) is 3.25. The normalized spacial score (nSPS) is 18.2. The standard InChI is InChI=1S/C11H19N3O/c1-13-8-9-14(11(13)15)7-4-10-2-5-12-6-3-10/h8-10,12H,2-7H2,1H3. The fourth-order valence-electron chi connectivity index (χ4n) is 2.17. The Morgan fingerprint density at radius 3 is 2.73 bits per heavy atom. The van der Waals surface area contributed by atoms with E-state index in [4.69, 9.17) is 0 Å². The van der Waals surface area contributed by atoms with Crippen molar-refractivity contribution >= 4 is 0 Å². The second-order valence-corrected chi connectivity index (χ2v) is 4.37. The van der Waals surface area contributed by atoms with E-state index in [1.807, 2.05) is 17.0 Å². The molecule has 15 heavy (non-hydrogen) atoms. The fraction of sp³-hybridized carbons (Fsp3) is 0.727. The average molecular weight is 209 g/mol. The minimum Gasteiger partial charge on any atom is -0.317 e. The van der Waals surface area contributed by atoms with E-state index in [-0.39, 0.29) is 5.69 Å². The van der Waals surface area contributed by atoms with Gasteiger partial charge in [-0.2, -0.15) is 0 Å². The van der Waals surface area contributed by atoms with Crippen molar-refractivity contribution in [2.75, 3.05) is 13.1 Å². The Kier molecular flexibility index (Phi) is 3.26. The molecule has 2 heterocycles. The first-order valence-electron chi connectivity index (χ1n) is 5.70. The predicted molar refractivity (Wildman–Crippen MR) is 59.9 cm³/mol. The molecule has 0 amide bonds. The molecule has 2 rings (SSSR count). The summed E-state index contributed by atoms with van der Waals surface area (Å²) in [6.07, 6.45) is 7.34. The van der Waals surface area contributed by atoms with Crippen LogP contribution in [-0.2, 0) is 13.6 Å². The highest BCUT2D eigenvalue weighted by molar-refractivity contribution is 4.80. The Labute approximate surface area is 89.9 Å². The van der Waals surface area contributed by atoms with Gasteiger partial charge in [0, 0.05) is 26.0 Å². The van der Waals surface area contributed by atoms with Crippen LogP contribution < -0.4 is 11.0 Å². The molecule has 1 saturated heterocycles. The zero-order valence-corrected chi connectivity index (χ0v) is 9.28. The Morgan fingerprint density at radius 2 is 2.13 bits per heavy atom. The molecule has 0 aliphatic carbocycles. The molecule has 1 aliphatic heterocycles. The Balaban J connectivity index is 1.87. The van der Waals surface area contributed by atoms with Crippen LogP contribution in [-0.4, -0.2) is 22.2 Å². The smallest absolute Gasteiger partial charge is 0.317 e. The second kappa shape index (κ2) is 4.66. The highest BCUT2D eigenvalue weighted by Crippen LogP contribution is 2.16. The maximum absolute atomic E-state index is 11.6. The number of aryl methyl sites for hydroxylation is 2. The Bertz CT molecular complexity index is 360. The van der Waals surface area contributed by atoms with Crippen molar-refractivity contribution in [1.82, 2.24) is 14.5 Å². The molecular weight excluding hydrogens is 190 g/mol. The molecule has 0 bridgehead atoms. The lowest BCUT2D eigenvalue weighted by Gasteiger charge is -2.22. The maximum atomic E-state index is 11.6. The van der Waals surface area contributed by atoms with Crippen LogP contribution in [0.3, 0.4) is 0 Å². The molecule has 0 unspecified atom stereocenters. The molecule has 4 heteroatoms. The van der Waals surface area contributed by atoms with Crippen LogP contribution in [0.4, 0.5) is 0 Å². The quantitative estimate of drug-likeness (QED) is 0.790. The Hall–Kier alpha value is -1.03. The van der Waals surface area contributed by atoms with Gasteiger partial charge < -0.3 is 9.88 Å². The van der Waals surface area contributed by atoms with Crippen LogP contribution in [0.25, 0.3) is 0 Å². The van der Waals surface area contributed by atoms with Crippen molar-refractivity contribution in [3.8, 4) is 0 Å². The lowest BCUT2D eigenvalue weighted by molar-refractivity contribution is 0.336. The zero-order chi connectivity index (χ0) is 10.7. The van der Waals surface area contributed by atoms with E-state index in [0.717, 1.165) is 32.0 Å². The van der Waals surface area contributed by atoms with Gasteiger partial charge in [-0.15, -0.1) is 0 Å². The molecule has 0 spiro atoms. The molecule has 0 saturated carbocycles. The van der Waals surface area contributed by atoms with E-state index < -0.39 is 0 Å². The summed E-state index contributed by atoms with van der Waals surface area (Å²) >= 11 is 0. The summed E-state index contributed by atoms with van der Waals surface area (Å²) in [7, 11) is 1.80. The first-order valence-corrected chi connectivity index (χ1v) is 5.70. The van der Waals surface area contributed by atoms with Gasteiger partial charge in [0.25, 0.3) is 0 Å². The summed E-state index contributed by atoms with van der Waals surface area (Å²) in [6, 6.07) is 0.